The maximum absolute atomic E-state index is 11.4. The smallest absolute Gasteiger partial charge is 0.251 e. The molecule has 1 amide bonds. The maximum atomic E-state index is 11.4. The fraction of sp³-hybridized carbons (Fsp3) is 0.364. The van der Waals surface area contributed by atoms with E-state index in [1.165, 1.54) is 0 Å². The summed E-state index contributed by atoms with van der Waals surface area (Å²) in [6.07, 6.45) is 2.43. The molecule has 2 rings (SSSR count). The number of nitrogens with one attached hydrogen (secondary N) is 1. The van der Waals surface area contributed by atoms with E-state index in [9.17, 15) is 4.79 Å². The number of nitrogen functional groups attached to an aromatic ring is 1. The van der Waals surface area contributed by atoms with Crippen LogP contribution in [0.3, 0.4) is 0 Å². The van der Waals surface area contributed by atoms with Gasteiger partial charge in [-0.2, -0.15) is 0 Å². The largest absolute Gasteiger partial charge is 0.488 e. The first-order chi connectivity index (χ1) is 7.20. The average molecular weight is 206 g/mol. The van der Waals surface area contributed by atoms with Crippen LogP contribution in [-0.4, -0.2) is 19.1 Å². The Hall–Kier alpha value is -1.71. The van der Waals surface area contributed by atoms with Gasteiger partial charge in [-0.3, -0.25) is 4.79 Å². The van der Waals surface area contributed by atoms with Gasteiger partial charge in [-0.05, 0) is 31.0 Å². The maximum Gasteiger partial charge on any atom is 0.251 e. The Morgan fingerprint density at radius 1 is 1.53 bits per heavy atom. The van der Waals surface area contributed by atoms with Crippen molar-refractivity contribution in [3.8, 4) is 5.75 Å². The minimum Gasteiger partial charge on any atom is -0.488 e. The van der Waals surface area contributed by atoms with Crippen molar-refractivity contribution < 1.29 is 9.53 Å². The van der Waals surface area contributed by atoms with Crippen LogP contribution in [-0.2, 0) is 0 Å². The molecule has 1 aliphatic rings. The lowest BCUT2D eigenvalue weighted by Gasteiger charge is -2.09. The van der Waals surface area contributed by atoms with Crippen molar-refractivity contribution in [1.82, 2.24) is 5.32 Å². The third-order valence-electron chi connectivity index (χ3n) is 2.32. The predicted molar refractivity (Wildman–Crippen MR) is 57.9 cm³/mol. The van der Waals surface area contributed by atoms with Gasteiger partial charge in [0.15, 0.2) is 0 Å². The Kier molecular flexibility index (Phi) is 2.49. The second-order valence-electron chi connectivity index (χ2n) is 3.65. The lowest BCUT2D eigenvalue weighted by atomic mass is 10.2. The molecule has 0 spiro atoms. The SMILES string of the molecule is CNC(=O)c1ccc(N)c(OC2CC2)c1. The van der Waals surface area contributed by atoms with Gasteiger partial charge in [0.05, 0.1) is 11.8 Å². The number of ether oxygens (including phenoxy) is 1. The number of anilines is 1. The lowest BCUT2D eigenvalue weighted by Crippen LogP contribution is -2.18. The Morgan fingerprint density at radius 2 is 2.27 bits per heavy atom. The molecule has 1 saturated carbocycles. The number of carbonyl (C=O) groups excluding carboxylic acids is 1. The molecule has 0 aliphatic heterocycles. The fourth-order valence-electron chi connectivity index (χ4n) is 1.29. The van der Waals surface area contributed by atoms with Crippen LogP contribution in [0, 0.1) is 0 Å². The van der Waals surface area contributed by atoms with Crippen LogP contribution < -0.4 is 15.8 Å². The zero-order chi connectivity index (χ0) is 10.8. The van der Waals surface area contributed by atoms with Gasteiger partial charge in [-0.15, -0.1) is 0 Å². The third kappa shape index (κ3) is 2.21. The number of hydrogen-bond acceptors (Lipinski definition) is 3. The van der Waals surface area contributed by atoms with Gasteiger partial charge in [0.25, 0.3) is 5.91 Å². The van der Waals surface area contributed by atoms with Gasteiger partial charge >= 0.3 is 0 Å². The van der Waals surface area contributed by atoms with Gasteiger partial charge in [0, 0.05) is 12.6 Å². The Labute approximate surface area is 88.4 Å². The highest BCUT2D eigenvalue weighted by Gasteiger charge is 2.24. The number of amides is 1. The Morgan fingerprint density at radius 3 is 2.87 bits per heavy atom. The van der Waals surface area contributed by atoms with Gasteiger partial charge in [0.1, 0.15) is 5.75 Å². The summed E-state index contributed by atoms with van der Waals surface area (Å²) in [7, 11) is 1.60. The fourth-order valence-corrected chi connectivity index (χ4v) is 1.29. The summed E-state index contributed by atoms with van der Waals surface area (Å²) in [5.74, 6) is 0.481. The van der Waals surface area contributed by atoms with Crippen LogP contribution in [0.5, 0.6) is 5.75 Å². The molecule has 0 saturated heterocycles. The van der Waals surface area contributed by atoms with Crippen molar-refractivity contribution in [2.24, 2.45) is 0 Å². The highest BCUT2D eigenvalue weighted by atomic mass is 16.5. The number of nitrogens with two attached hydrogens (primary N) is 1. The van der Waals surface area contributed by atoms with Crippen LogP contribution in [0.15, 0.2) is 18.2 Å². The molecule has 1 fully saturated rings. The number of hydrogen-bond donors (Lipinski definition) is 2. The Balaban J connectivity index is 2.22. The summed E-state index contributed by atoms with van der Waals surface area (Å²) in [4.78, 5) is 11.4. The molecule has 4 nitrogen and oxygen atoms in total. The van der Waals surface area contributed by atoms with E-state index in [0.717, 1.165) is 12.8 Å². The Bertz CT molecular complexity index is 386. The van der Waals surface area contributed by atoms with Crippen molar-refractivity contribution in [2.45, 2.75) is 18.9 Å². The molecule has 0 radical (unpaired) electrons. The number of rotatable bonds is 3. The van der Waals surface area contributed by atoms with E-state index in [1.54, 1.807) is 25.2 Å². The van der Waals surface area contributed by atoms with Crippen molar-refractivity contribution in [3.63, 3.8) is 0 Å². The van der Waals surface area contributed by atoms with E-state index in [-0.39, 0.29) is 12.0 Å². The van der Waals surface area contributed by atoms with Crippen LogP contribution in [0.4, 0.5) is 5.69 Å². The summed E-state index contributed by atoms with van der Waals surface area (Å²) in [6, 6.07) is 5.07. The quantitative estimate of drug-likeness (QED) is 0.730. The molecule has 0 heterocycles. The van der Waals surface area contributed by atoms with Gasteiger partial charge in [-0.1, -0.05) is 0 Å². The van der Waals surface area contributed by atoms with E-state index < -0.39 is 0 Å². The molecule has 0 bridgehead atoms. The van der Waals surface area contributed by atoms with E-state index in [2.05, 4.69) is 5.32 Å². The van der Waals surface area contributed by atoms with Crippen molar-refractivity contribution in [1.29, 1.82) is 0 Å². The first-order valence-corrected chi connectivity index (χ1v) is 4.99. The zero-order valence-corrected chi connectivity index (χ0v) is 8.62. The minimum atomic E-state index is -0.129. The molecule has 1 aliphatic carbocycles. The molecule has 3 N–H and O–H groups in total. The molecule has 0 aromatic heterocycles. The predicted octanol–water partition coefficient (Wildman–Crippen LogP) is 1.17. The van der Waals surface area contributed by atoms with Crippen molar-refractivity contribution >= 4 is 11.6 Å². The van der Waals surface area contributed by atoms with E-state index in [0.29, 0.717) is 17.0 Å². The molecule has 0 unspecified atom stereocenters. The number of benzene rings is 1. The first kappa shape index (κ1) is 9.83. The molecule has 0 atom stereocenters. The summed E-state index contributed by atoms with van der Waals surface area (Å²) in [5.41, 5.74) is 6.90. The standard InChI is InChI=1S/C11H14N2O2/c1-13-11(14)7-2-5-9(12)10(6-7)15-8-3-4-8/h2,5-6,8H,3-4,12H2,1H3,(H,13,14). The lowest BCUT2D eigenvalue weighted by molar-refractivity contribution is 0.0962. The summed E-state index contributed by atoms with van der Waals surface area (Å²) < 4.78 is 5.59. The third-order valence-corrected chi connectivity index (χ3v) is 2.32. The van der Waals surface area contributed by atoms with Crippen molar-refractivity contribution in [2.75, 3.05) is 12.8 Å². The molecule has 1 aromatic carbocycles. The van der Waals surface area contributed by atoms with E-state index in [1.807, 2.05) is 0 Å². The molecular weight excluding hydrogens is 192 g/mol. The number of carbonyl (C=O) groups is 1. The van der Waals surface area contributed by atoms with Crippen molar-refractivity contribution in [3.05, 3.63) is 23.8 Å². The van der Waals surface area contributed by atoms with E-state index >= 15 is 0 Å². The van der Waals surface area contributed by atoms with Crippen LogP contribution in [0.1, 0.15) is 23.2 Å². The highest BCUT2D eigenvalue weighted by Crippen LogP contribution is 2.31. The molecule has 4 heteroatoms. The molecular formula is C11H14N2O2. The average Bonchev–Trinajstić information content (AvgIpc) is 3.04. The van der Waals surface area contributed by atoms with Gasteiger partial charge < -0.3 is 15.8 Å². The topological polar surface area (TPSA) is 64.4 Å². The summed E-state index contributed by atoms with van der Waals surface area (Å²) in [5, 5.41) is 2.56. The monoisotopic (exact) mass is 206 g/mol. The molecule has 1 aromatic rings. The minimum absolute atomic E-state index is 0.129. The van der Waals surface area contributed by atoms with Crippen LogP contribution in [0.25, 0.3) is 0 Å². The van der Waals surface area contributed by atoms with Gasteiger partial charge in [0.2, 0.25) is 0 Å². The van der Waals surface area contributed by atoms with Crippen LogP contribution in [0.2, 0.25) is 0 Å². The highest BCUT2D eigenvalue weighted by molar-refractivity contribution is 5.95. The van der Waals surface area contributed by atoms with E-state index in [4.69, 9.17) is 10.5 Å². The molecule has 15 heavy (non-hydrogen) atoms. The molecule has 80 valence electrons. The van der Waals surface area contributed by atoms with Crippen LogP contribution >= 0.6 is 0 Å². The zero-order valence-electron chi connectivity index (χ0n) is 8.62. The normalized spacial score (nSPS) is 14.7. The summed E-state index contributed by atoms with van der Waals surface area (Å²) >= 11 is 0. The van der Waals surface area contributed by atoms with Gasteiger partial charge in [-0.25, -0.2) is 0 Å². The summed E-state index contributed by atoms with van der Waals surface area (Å²) in [6.45, 7) is 0. The first-order valence-electron chi connectivity index (χ1n) is 4.99. The second kappa shape index (κ2) is 3.81. The second-order valence-corrected chi connectivity index (χ2v) is 3.65.